The topological polar surface area (TPSA) is 237 Å². The van der Waals surface area contributed by atoms with Gasteiger partial charge in [0.1, 0.15) is 19.3 Å². The number of aliphatic hydroxyl groups excluding tert-OH is 1. The number of hydrogen-bond acceptors (Lipinski definition) is 15. The molecular formula is C78H152O17P2. The van der Waals surface area contributed by atoms with E-state index in [1.54, 1.807) is 0 Å². The second-order valence-electron chi connectivity index (χ2n) is 28.8. The smallest absolute Gasteiger partial charge is 0.462 e. The second kappa shape index (κ2) is 69.8. The van der Waals surface area contributed by atoms with Crippen LogP contribution < -0.4 is 0 Å². The van der Waals surface area contributed by atoms with E-state index in [0.717, 1.165) is 102 Å². The van der Waals surface area contributed by atoms with E-state index in [0.29, 0.717) is 25.7 Å². The number of rotatable bonds is 77. The molecule has 97 heavy (non-hydrogen) atoms. The number of hydrogen-bond donors (Lipinski definition) is 3. The maximum Gasteiger partial charge on any atom is 0.472 e. The maximum absolute atomic E-state index is 13.1. The van der Waals surface area contributed by atoms with Gasteiger partial charge >= 0.3 is 39.5 Å². The van der Waals surface area contributed by atoms with Crippen molar-refractivity contribution in [1.29, 1.82) is 0 Å². The summed E-state index contributed by atoms with van der Waals surface area (Å²) in [5, 5.41) is 10.6. The first kappa shape index (κ1) is 95.1. The minimum atomic E-state index is -4.96. The Hall–Kier alpha value is -1.94. The Morgan fingerprint density at radius 1 is 0.299 bits per heavy atom. The molecule has 0 saturated heterocycles. The lowest BCUT2D eigenvalue weighted by Crippen LogP contribution is -2.30. The predicted molar refractivity (Wildman–Crippen MR) is 395 cm³/mol. The number of aliphatic hydroxyl groups is 1. The molecule has 576 valence electrons. The van der Waals surface area contributed by atoms with Gasteiger partial charge in [-0.1, -0.05) is 356 Å². The third-order valence-electron chi connectivity index (χ3n) is 18.6. The highest BCUT2D eigenvalue weighted by Crippen LogP contribution is 2.45. The molecule has 0 aliphatic heterocycles. The number of esters is 4. The molecule has 0 spiro atoms. The molecule has 3 unspecified atom stereocenters. The van der Waals surface area contributed by atoms with Crippen molar-refractivity contribution < 1.29 is 80.2 Å². The van der Waals surface area contributed by atoms with Crippen LogP contribution in [-0.2, 0) is 65.4 Å². The zero-order chi connectivity index (χ0) is 71.4. The fraction of sp³-hybridized carbons (Fsp3) is 0.949. The van der Waals surface area contributed by atoms with Crippen molar-refractivity contribution in [2.24, 2.45) is 11.8 Å². The SMILES string of the molecule is CCCCCCCCCCCCCCCC(=O)O[C@H](COC(=O)CCCCCCCCCCCCC)COP(=O)(O)OC[C@H](O)COP(=O)(O)OC[C@@H](COC(=O)CCCCCCCCCCCCCCC(C)C)OC(=O)CCCCCCCCCCCCCCCCC(C)CC. The van der Waals surface area contributed by atoms with Crippen LogP contribution in [0.1, 0.15) is 408 Å². The average molecular weight is 1420 g/mol. The van der Waals surface area contributed by atoms with Crippen LogP contribution in [0.4, 0.5) is 0 Å². The molecule has 0 aliphatic carbocycles. The quantitative estimate of drug-likeness (QED) is 0.0222. The number of carbonyl (C=O) groups excluding carboxylic acids is 4. The van der Waals surface area contributed by atoms with Crippen molar-refractivity contribution in [2.45, 2.75) is 426 Å². The Kier molecular flexibility index (Phi) is 68.4. The van der Waals surface area contributed by atoms with Crippen LogP contribution in [0, 0.1) is 11.8 Å². The van der Waals surface area contributed by atoms with Crippen molar-refractivity contribution >= 4 is 39.5 Å². The largest absolute Gasteiger partial charge is 0.472 e. The predicted octanol–water partition coefficient (Wildman–Crippen LogP) is 23.1. The Morgan fingerprint density at radius 3 is 0.784 bits per heavy atom. The Morgan fingerprint density at radius 2 is 0.526 bits per heavy atom. The molecule has 0 heterocycles. The summed E-state index contributed by atoms with van der Waals surface area (Å²) in [6.45, 7) is 9.68. The molecule has 0 bridgehead atoms. The summed E-state index contributed by atoms with van der Waals surface area (Å²) in [5.74, 6) is -0.482. The first-order valence-corrected chi connectivity index (χ1v) is 43.5. The Balaban J connectivity index is 5.25. The Bertz CT molecular complexity index is 1870. The zero-order valence-electron chi connectivity index (χ0n) is 63.4. The van der Waals surface area contributed by atoms with E-state index < -0.39 is 97.5 Å². The van der Waals surface area contributed by atoms with E-state index in [4.69, 9.17) is 37.0 Å². The third-order valence-corrected chi connectivity index (χ3v) is 20.5. The summed E-state index contributed by atoms with van der Waals surface area (Å²) in [6.07, 6.45) is 58.0. The summed E-state index contributed by atoms with van der Waals surface area (Å²) in [4.78, 5) is 72.9. The molecule has 0 amide bonds. The number of phosphoric ester groups is 2. The van der Waals surface area contributed by atoms with Gasteiger partial charge in [-0.05, 0) is 37.5 Å². The van der Waals surface area contributed by atoms with Crippen molar-refractivity contribution in [3.8, 4) is 0 Å². The lowest BCUT2D eigenvalue weighted by molar-refractivity contribution is -0.161. The summed E-state index contributed by atoms with van der Waals surface area (Å²) < 4.78 is 68.6. The van der Waals surface area contributed by atoms with E-state index in [9.17, 15) is 43.2 Å². The summed E-state index contributed by atoms with van der Waals surface area (Å²) in [6, 6.07) is 0. The van der Waals surface area contributed by atoms with Gasteiger partial charge in [0.05, 0.1) is 26.4 Å². The summed E-state index contributed by atoms with van der Waals surface area (Å²) in [7, 11) is -9.91. The first-order valence-electron chi connectivity index (χ1n) is 40.5. The number of carbonyl (C=O) groups is 4. The molecule has 19 heteroatoms. The minimum absolute atomic E-state index is 0.108. The van der Waals surface area contributed by atoms with Crippen LogP contribution in [0.15, 0.2) is 0 Å². The standard InChI is InChI=1S/C78H152O17P2/c1-7-10-12-14-16-18-20-23-32-38-44-50-56-62-77(82)94-73(66-88-75(80)60-54-48-42-36-28-19-17-15-13-11-8-2)68-92-96(84,85)90-64-72(79)65-91-97(86,87)93-69-74(67-89-76(81)61-55-49-43-37-31-27-26-29-34-40-46-52-58-70(4)5)95-78(83)63-57-51-45-39-33-25-22-21-24-30-35-41-47-53-59-71(6)9-3/h70-74,79H,7-69H2,1-6H3,(H,84,85)(H,86,87)/t71?,72-,73+,74+/m0/s1. The lowest BCUT2D eigenvalue weighted by Gasteiger charge is -2.21. The Labute approximate surface area is 594 Å². The molecule has 17 nitrogen and oxygen atoms in total. The molecular weight excluding hydrogens is 1270 g/mol. The molecule has 0 aromatic heterocycles. The fourth-order valence-corrected chi connectivity index (χ4v) is 13.6. The van der Waals surface area contributed by atoms with Crippen molar-refractivity contribution in [1.82, 2.24) is 0 Å². The van der Waals surface area contributed by atoms with E-state index >= 15 is 0 Å². The molecule has 0 aromatic rings. The van der Waals surface area contributed by atoms with E-state index in [1.807, 2.05) is 0 Å². The van der Waals surface area contributed by atoms with Gasteiger partial charge in [-0.15, -0.1) is 0 Å². The van der Waals surface area contributed by atoms with Gasteiger partial charge in [0.25, 0.3) is 0 Å². The van der Waals surface area contributed by atoms with Gasteiger partial charge in [0.2, 0.25) is 0 Å². The van der Waals surface area contributed by atoms with Crippen LogP contribution >= 0.6 is 15.6 Å². The monoisotopic (exact) mass is 1420 g/mol. The lowest BCUT2D eigenvalue weighted by atomic mass is 9.99. The molecule has 0 aromatic carbocycles. The highest BCUT2D eigenvalue weighted by atomic mass is 31.2. The van der Waals surface area contributed by atoms with Gasteiger partial charge in [0.15, 0.2) is 12.2 Å². The normalized spacial score (nSPS) is 14.2. The minimum Gasteiger partial charge on any atom is -0.462 e. The van der Waals surface area contributed by atoms with Crippen LogP contribution in [0.25, 0.3) is 0 Å². The van der Waals surface area contributed by atoms with Crippen LogP contribution in [0.2, 0.25) is 0 Å². The molecule has 0 aliphatic rings. The maximum atomic E-state index is 13.1. The van der Waals surface area contributed by atoms with Crippen LogP contribution in [-0.4, -0.2) is 96.7 Å². The van der Waals surface area contributed by atoms with Gasteiger partial charge in [-0.25, -0.2) is 9.13 Å². The molecule has 6 atom stereocenters. The van der Waals surface area contributed by atoms with E-state index in [1.165, 1.54) is 225 Å². The molecule has 0 radical (unpaired) electrons. The molecule has 0 fully saturated rings. The second-order valence-corrected chi connectivity index (χ2v) is 31.7. The number of phosphoric acid groups is 2. The van der Waals surface area contributed by atoms with Crippen molar-refractivity contribution in [2.75, 3.05) is 39.6 Å². The van der Waals surface area contributed by atoms with E-state index in [2.05, 4.69) is 41.5 Å². The number of unbranched alkanes of at least 4 members (excludes halogenated alkanes) is 46. The summed E-state index contributed by atoms with van der Waals surface area (Å²) >= 11 is 0. The molecule has 3 N–H and O–H groups in total. The highest BCUT2D eigenvalue weighted by Gasteiger charge is 2.30. The van der Waals surface area contributed by atoms with E-state index in [-0.39, 0.29) is 25.7 Å². The van der Waals surface area contributed by atoms with Crippen LogP contribution in [0.3, 0.4) is 0 Å². The fourth-order valence-electron chi connectivity index (χ4n) is 12.0. The molecule has 0 rings (SSSR count). The van der Waals surface area contributed by atoms with Gasteiger partial charge in [-0.3, -0.25) is 37.3 Å². The van der Waals surface area contributed by atoms with Crippen molar-refractivity contribution in [3.63, 3.8) is 0 Å². The zero-order valence-corrected chi connectivity index (χ0v) is 65.2. The van der Waals surface area contributed by atoms with Gasteiger partial charge in [0, 0.05) is 25.7 Å². The first-order chi connectivity index (χ1) is 46.9. The third kappa shape index (κ3) is 70.9. The van der Waals surface area contributed by atoms with Gasteiger partial charge in [-0.2, -0.15) is 0 Å². The van der Waals surface area contributed by atoms with Crippen LogP contribution in [0.5, 0.6) is 0 Å². The van der Waals surface area contributed by atoms with Gasteiger partial charge < -0.3 is 33.8 Å². The molecule has 0 saturated carbocycles. The summed E-state index contributed by atoms with van der Waals surface area (Å²) in [5.41, 5.74) is 0. The number of ether oxygens (including phenoxy) is 4. The van der Waals surface area contributed by atoms with Crippen molar-refractivity contribution in [3.05, 3.63) is 0 Å². The average Bonchev–Trinajstić information content (AvgIpc) is 3.75. The highest BCUT2D eigenvalue weighted by molar-refractivity contribution is 7.47.